The minimum Gasteiger partial charge on any atom is -0.493 e. The van der Waals surface area contributed by atoms with Crippen LogP contribution < -0.4 is 19.6 Å². The van der Waals surface area contributed by atoms with Crippen molar-refractivity contribution in [3.05, 3.63) is 97.3 Å². The number of aromatic nitrogens is 2. The number of aromatic carboxylic acids is 1. The molecule has 5 rings (SSSR count). The molecule has 2 heterocycles. The van der Waals surface area contributed by atoms with E-state index in [1.54, 1.807) is 35.8 Å². The topological polar surface area (TPSA) is 90.1 Å². The number of fused-ring (bicyclic) bond motifs is 3. The lowest BCUT2D eigenvalue weighted by Crippen LogP contribution is -2.22. The lowest BCUT2D eigenvalue weighted by atomic mass is 10.1. The minimum absolute atomic E-state index is 0.131. The fourth-order valence-corrected chi connectivity index (χ4v) is 4.90. The molecule has 0 unspecified atom stereocenters. The van der Waals surface area contributed by atoms with Crippen molar-refractivity contribution in [1.82, 2.24) is 9.38 Å². The smallest absolute Gasteiger partial charge is 0.335 e. The summed E-state index contributed by atoms with van der Waals surface area (Å²) in [6.45, 7) is 4.26. The molecule has 2 aromatic heterocycles. The minimum atomic E-state index is -0.979. The fourth-order valence-electron chi connectivity index (χ4n) is 3.92. The van der Waals surface area contributed by atoms with Crippen LogP contribution >= 0.6 is 11.3 Å². The number of para-hydroxylation sites is 1. The van der Waals surface area contributed by atoms with Gasteiger partial charge in [0.2, 0.25) is 0 Å². The molecule has 0 bridgehead atoms. The van der Waals surface area contributed by atoms with Crippen LogP contribution in [0.5, 0.6) is 11.5 Å². The molecule has 7 nitrogen and oxygen atoms in total. The SMILES string of the molecule is COc1cccc(/C=c2\sc3nc4cc(C)c(C)cc4n3c2=O)c1OCc1ccc(C(=O)O)cc1. The van der Waals surface area contributed by atoms with Gasteiger partial charge in [-0.3, -0.25) is 4.79 Å². The summed E-state index contributed by atoms with van der Waals surface area (Å²) in [6.07, 6.45) is 1.79. The number of hydrogen-bond donors (Lipinski definition) is 1. The molecule has 3 aromatic carbocycles. The molecule has 0 spiro atoms. The van der Waals surface area contributed by atoms with Crippen molar-refractivity contribution >= 4 is 39.4 Å². The highest BCUT2D eigenvalue weighted by molar-refractivity contribution is 7.15. The molecular formula is C27H22N2O5S. The monoisotopic (exact) mass is 486 g/mol. The van der Waals surface area contributed by atoms with Crippen LogP contribution in [-0.4, -0.2) is 27.6 Å². The first-order valence-corrected chi connectivity index (χ1v) is 11.7. The predicted octanol–water partition coefficient (Wildman–Crippen LogP) is 4.36. The van der Waals surface area contributed by atoms with Crippen LogP contribution in [0.4, 0.5) is 0 Å². The van der Waals surface area contributed by atoms with E-state index in [-0.39, 0.29) is 17.7 Å². The number of rotatable bonds is 6. The molecular weight excluding hydrogens is 464 g/mol. The Bertz CT molecular complexity index is 1700. The fraction of sp³-hybridized carbons (Fsp3) is 0.148. The summed E-state index contributed by atoms with van der Waals surface area (Å²) in [5.41, 5.74) is 5.44. The van der Waals surface area contributed by atoms with Gasteiger partial charge in [-0.15, -0.1) is 0 Å². The number of carboxylic acids is 1. The van der Waals surface area contributed by atoms with Crippen molar-refractivity contribution in [2.45, 2.75) is 20.5 Å². The number of thiazole rings is 1. The molecule has 35 heavy (non-hydrogen) atoms. The van der Waals surface area contributed by atoms with E-state index in [9.17, 15) is 9.59 Å². The van der Waals surface area contributed by atoms with Crippen molar-refractivity contribution in [1.29, 1.82) is 0 Å². The molecule has 0 fully saturated rings. The first-order valence-electron chi connectivity index (χ1n) is 10.9. The summed E-state index contributed by atoms with van der Waals surface area (Å²) < 4.78 is 13.8. The first-order chi connectivity index (χ1) is 16.9. The number of ether oxygens (including phenoxy) is 2. The Kier molecular flexibility index (Phi) is 5.74. The Morgan fingerprint density at radius 2 is 1.86 bits per heavy atom. The summed E-state index contributed by atoms with van der Waals surface area (Å²) in [5, 5.41) is 9.09. The number of methoxy groups -OCH3 is 1. The number of hydrogen-bond acceptors (Lipinski definition) is 6. The van der Waals surface area contributed by atoms with Crippen molar-refractivity contribution in [3.63, 3.8) is 0 Å². The largest absolute Gasteiger partial charge is 0.493 e. The molecule has 0 aliphatic rings. The number of aryl methyl sites for hydroxylation is 2. The Labute approximate surface area is 204 Å². The van der Waals surface area contributed by atoms with Gasteiger partial charge in [-0.25, -0.2) is 14.2 Å². The van der Waals surface area contributed by atoms with Crippen molar-refractivity contribution in [2.24, 2.45) is 0 Å². The van der Waals surface area contributed by atoms with E-state index >= 15 is 0 Å². The summed E-state index contributed by atoms with van der Waals surface area (Å²) >= 11 is 1.33. The van der Waals surface area contributed by atoms with Gasteiger partial charge in [0, 0.05) is 5.56 Å². The van der Waals surface area contributed by atoms with E-state index in [1.165, 1.54) is 23.5 Å². The third-order valence-corrected chi connectivity index (χ3v) is 6.92. The molecule has 0 radical (unpaired) electrons. The molecule has 0 saturated heterocycles. The molecule has 176 valence electrons. The average Bonchev–Trinajstić information content (AvgIpc) is 3.34. The van der Waals surface area contributed by atoms with Gasteiger partial charge in [0.05, 0.1) is 28.2 Å². The lowest BCUT2D eigenvalue weighted by molar-refractivity contribution is 0.0697. The van der Waals surface area contributed by atoms with E-state index in [1.807, 2.05) is 38.1 Å². The summed E-state index contributed by atoms with van der Waals surface area (Å²) in [4.78, 5) is 29.7. The van der Waals surface area contributed by atoms with Gasteiger partial charge in [0.1, 0.15) is 6.61 Å². The highest BCUT2D eigenvalue weighted by Gasteiger charge is 2.15. The zero-order valence-electron chi connectivity index (χ0n) is 19.4. The van der Waals surface area contributed by atoms with Gasteiger partial charge in [0.25, 0.3) is 5.56 Å². The zero-order chi connectivity index (χ0) is 24.7. The van der Waals surface area contributed by atoms with Crippen LogP contribution in [-0.2, 0) is 6.61 Å². The molecule has 0 amide bonds. The Balaban J connectivity index is 1.55. The van der Waals surface area contributed by atoms with Crippen molar-refractivity contribution in [2.75, 3.05) is 7.11 Å². The van der Waals surface area contributed by atoms with E-state index in [2.05, 4.69) is 4.98 Å². The third-order valence-electron chi connectivity index (χ3n) is 5.95. The Morgan fingerprint density at radius 1 is 1.11 bits per heavy atom. The second kappa shape index (κ2) is 8.88. The Hall–Kier alpha value is -4.17. The number of benzene rings is 3. The Morgan fingerprint density at radius 3 is 2.57 bits per heavy atom. The molecule has 0 saturated carbocycles. The highest BCUT2D eigenvalue weighted by atomic mass is 32.1. The van der Waals surface area contributed by atoms with Crippen LogP contribution in [0.2, 0.25) is 0 Å². The molecule has 1 N–H and O–H groups in total. The second-order valence-electron chi connectivity index (χ2n) is 8.24. The summed E-state index contributed by atoms with van der Waals surface area (Å²) in [7, 11) is 1.56. The number of carbonyl (C=O) groups is 1. The van der Waals surface area contributed by atoms with Crippen LogP contribution in [0, 0.1) is 13.8 Å². The van der Waals surface area contributed by atoms with Gasteiger partial charge in [-0.2, -0.15) is 0 Å². The first kappa shape index (κ1) is 22.6. The maximum atomic E-state index is 13.3. The highest BCUT2D eigenvalue weighted by Crippen LogP contribution is 2.32. The van der Waals surface area contributed by atoms with E-state index < -0.39 is 5.97 Å². The maximum absolute atomic E-state index is 13.3. The molecule has 5 aromatic rings. The normalized spacial score (nSPS) is 11.9. The van der Waals surface area contributed by atoms with Crippen LogP contribution in [0.3, 0.4) is 0 Å². The third kappa shape index (κ3) is 4.13. The summed E-state index contributed by atoms with van der Waals surface area (Å²) in [5.74, 6) is 0.0539. The predicted molar refractivity (Wildman–Crippen MR) is 136 cm³/mol. The second-order valence-corrected chi connectivity index (χ2v) is 9.25. The number of nitrogens with zero attached hydrogens (tertiary/aromatic N) is 2. The molecule has 0 atom stereocenters. The molecule has 0 aliphatic heterocycles. The van der Waals surface area contributed by atoms with Crippen LogP contribution in [0.15, 0.2) is 59.4 Å². The van der Waals surface area contributed by atoms with E-state index in [0.717, 1.165) is 27.7 Å². The van der Waals surface area contributed by atoms with Gasteiger partial charge >= 0.3 is 5.97 Å². The lowest BCUT2D eigenvalue weighted by Gasteiger charge is -2.13. The number of imidazole rings is 1. The molecule has 8 heteroatoms. The standard InChI is InChI=1S/C27H22N2O5S/c1-15-11-20-21(12-16(15)2)29-25(30)23(35-27(29)28-20)13-19-5-4-6-22(33-3)24(19)34-14-17-7-9-18(10-8-17)26(31)32/h4-13H,14H2,1-3H3,(H,31,32)/b23-13-. The van der Waals surface area contributed by atoms with E-state index in [4.69, 9.17) is 14.6 Å². The average molecular weight is 487 g/mol. The zero-order valence-corrected chi connectivity index (χ0v) is 20.2. The summed E-state index contributed by atoms with van der Waals surface area (Å²) in [6, 6.07) is 16.0. The number of carboxylic acid groups (broad SMARTS) is 1. The van der Waals surface area contributed by atoms with Crippen molar-refractivity contribution < 1.29 is 19.4 Å². The van der Waals surface area contributed by atoms with Gasteiger partial charge in [-0.1, -0.05) is 35.6 Å². The van der Waals surface area contributed by atoms with Crippen LogP contribution in [0.25, 0.3) is 22.1 Å². The van der Waals surface area contributed by atoms with E-state index in [0.29, 0.717) is 26.6 Å². The van der Waals surface area contributed by atoms with Crippen molar-refractivity contribution in [3.8, 4) is 11.5 Å². The van der Waals surface area contributed by atoms with Gasteiger partial charge in [0.15, 0.2) is 16.5 Å². The van der Waals surface area contributed by atoms with Gasteiger partial charge in [-0.05, 0) is 66.9 Å². The van der Waals surface area contributed by atoms with Gasteiger partial charge < -0.3 is 14.6 Å². The van der Waals surface area contributed by atoms with Crippen LogP contribution in [0.1, 0.15) is 32.6 Å². The molecule has 0 aliphatic carbocycles. The quantitative estimate of drug-likeness (QED) is 0.384. The maximum Gasteiger partial charge on any atom is 0.335 e.